The van der Waals surface area contributed by atoms with E-state index in [0.717, 1.165) is 9.78 Å². The molecule has 2 aromatic carbocycles. The molecule has 36 heavy (non-hydrogen) atoms. The minimum absolute atomic E-state index is 0.217. The second-order valence-corrected chi connectivity index (χ2v) is 9.49. The Balaban J connectivity index is 1.50. The standard InChI is InChI=1S/C26H24ClN3O5S/c1-2-35-25(33)17-8-10-19(11-9-17)28-23(31)16-22-24(32)30(20-6-3-5-18(27)15-20)26(34)29(22)13-12-21-7-4-14-36-21/h3-11,14-15,22H,2,12-13,16H2,1H3,(H,28,31). The van der Waals surface area contributed by atoms with Gasteiger partial charge in [-0.25, -0.2) is 14.5 Å². The van der Waals surface area contributed by atoms with Crippen LogP contribution in [-0.2, 0) is 20.7 Å². The predicted molar refractivity (Wildman–Crippen MR) is 138 cm³/mol. The summed E-state index contributed by atoms with van der Waals surface area (Å²) in [5, 5.41) is 5.08. The monoisotopic (exact) mass is 525 g/mol. The molecule has 1 unspecified atom stereocenters. The largest absolute Gasteiger partial charge is 0.462 e. The van der Waals surface area contributed by atoms with Crippen LogP contribution < -0.4 is 10.2 Å². The second-order valence-electron chi connectivity index (χ2n) is 8.02. The fraction of sp³-hybridized carbons (Fsp3) is 0.231. The Labute approximate surface area is 217 Å². The average molecular weight is 526 g/mol. The number of nitrogens with zero attached hydrogens (tertiary/aromatic N) is 2. The van der Waals surface area contributed by atoms with Crippen molar-refractivity contribution in [2.45, 2.75) is 25.8 Å². The number of esters is 1. The van der Waals surface area contributed by atoms with Gasteiger partial charge in [-0.3, -0.25) is 9.59 Å². The van der Waals surface area contributed by atoms with Gasteiger partial charge in [-0.1, -0.05) is 23.7 Å². The lowest BCUT2D eigenvalue weighted by Crippen LogP contribution is -2.39. The number of imide groups is 1. The van der Waals surface area contributed by atoms with Crippen molar-refractivity contribution in [1.82, 2.24) is 4.90 Å². The number of anilines is 2. The summed E-state index contributed by atoms with van der Waals surface area (Å²) in [6, 6.07) is 15.2. The van der Waals surface area contributed by atoms with Gasteiger partial charge >= 0.3 is 12.0 Å². The van der Waals surface area contributed by atoms with Crippen molar-refractivity contribution in [2.75, 3.05) is 23.4 Å². The highest BCUT2D eigenvalue weighted by Gasteiger charge is 2.46. The summed E-state index contributed by atoms with van der Waals surface area (Å²) < 4.78 is 4.96. The van der Waals surface area contributed by atoms with Crippen LogP contribution in [0.2, 0.25) is 5.02 Å². The lowest BCUT2D eigenvalue weighted by Gasteiger charge is -2.21. The highest BCUT2D eigenvalue weighted by Crippen LogP contribution is 2.29. The lowest BCUT2D eigenvalue weighted by atomic mass is 10.1. The van der Waals surface area contributed by atoms with E-state index < -0.39 is 29.9 Å². The van der Waals surface area contributed by atoms with Gasteiger partial charge in [0.1, 0.15) is 6.04 Å². The molecule has 1 atom stereocenters. The van der Waals surface area contributed by atoms with E-state index in [1.807, 2.05) is 17.5 Å². The van der Waals surface area contributed by atoms with Gasteiger partial charge in [0.05, 0.1) is 24.3 Å². The van der Waals surface area contributed by atoms with Gasteiger partial charge in [0, 0.05) is 22.1 Å². The molecular formula is C26H24ClN3O5S. The molecule has 1 aliphatic rings. The van der Waals surface area contributed by atoms with Crippen molar-refractivity contribution >= 4 is 58.1 Å². The first-order valence-electron chi connectivity index (χ1n) is 11.4. The van der Waals surface area contributed by atoms with Crippen LogP contribution in [-0.4, -0.2) is 47.9 Å². The summed E-state index contributed by atoms with van der Waals surface area (Å²) >= 11 is 7.65. The molecule has 1 aromatic heterocycles. The van der Waals surface area contributed by atoms with Crippen LogP contribution in [0.1, 0.15) is 28.6 Å². The molecule has 186 valence electrons. The van der Waals surface area contributed by atoms with Crippen LogP contribution in [0.4, 0.5) is 16.2 Å². The van der Waals surface area contributed by atoms with Gasteiger partial charge in [0.15, 0.2) is 0 Å². The van der Waals surface area contributed by atoms with E-state index in [9.17, 15) is 19.2 Å². The van der Waals surface area contributed by atoms with E-state index >= 15 is 0 Å². The molecule has 1 fully saturated rings. The molecule has 0 spiro atoms. The summed E-state index contributed by atoms with van der Waals surface area (Å²) in [5.74, 6) is -1.37. The zero-order valence-corrected chi connectivity index (χ0v) is 21.1. The highest BCUT2D eigenvalue weighted by atomic mass is 35.5. The summed E-state index contributed by atoms with van der Waals surface area (Å²) in [7, 11) is 0. The third-order valence-electron chi connectivity index (χ3n) is 5.62. The molecule has 0 bridgehead atoms. The van der Waals surface area contributed by atoms with Crippen LogP contribution in [0, 0.1) is 0 Å². The summed E-state index contributed by atoms with van der Waals surface area (Å²) in [4.78, 5) is 55.0. The molecule has 0 saturated carbocycles. The predicted octanol–water partition coefficient (Wildman–Crippen LogP) is 4.99. The van der Waals surface area contributed by atoms with E-state index in [1.165, 1.54) is 4.90 Å². The number of carbonyl (C=O) groups excluding carboxylic acids is 4. The summed E-state index contributed by atoms with van der Waals surface area (Å²) in [6.07, 6.45) is 0.346. The van der Waals surface area contributed by atoms with E-state index in [-0.39, 0.29) is 19.6 Å². The highest BCUT2D eigenvalue weighted by molar-refractivity contribution is 7.09. The Hall–Kier alpha value is -3.69. The Morgan fingerprint density at radius 1 is 1.08 bits per heavy atom. The van der Waals surface area contributed by atoms with Gasteiger partial charge in [-0.2, -0.15) is 0 Å². The quantitative estimate of drug-likeness (QED) is 0.314. The number of hydrogen-bond acceptors (Lipinski definition) is 6. The first-order valence-corrected chi connectivity index (χ1v) is 12.6. The van der Waals surface area contributed by atoms with Gasteiger partial charge < -0.3 is 15.0 Å². The number of amides is 4. The minimum atomic E-state index is -0.963. The molecule has 4 amide bonds. The van der Waals surface area contributed by atoms with Gasteiger partial charge in [-0.15, -0.1) is 11.3 Å². The SMILES string of the molecule is CCOC(=O)c1ccc(NC(=O)CC2C(=O)N(c3cccc(Cl)c3)C(=O)N2CCc2cccs2)cc1. The second kappa shape index (κ2) is 11.4. The summed E-state index contributed by atoms with van der Waals surface area (Å²) in [5.41, 5.74) is 1.18. The van der Waals surface area contributed by atoms with Crippen LogP contribution in [0.5, 0.6) is 0 Å². The zero-order chi connectivity index (χ0) is 25.7. The van der Waals surface area contributed by atoms with Crippen molar-refractivity contribution in [3.05, 3.63) is 81.5 Å². The van der Waals surface area contributed by atoms with Crippen molar-refractivity contribution in [1.29, 1.82) is 0 Å². The van der Waals surface area contributed by atoms with Crippen LogP contribution >= 0.6 is 22.9 Å². The number of carbonyl (C=O) groups is 4. The van der Waals surface area contributed by atoms with Gasteiger partial charge in [-0.05, 0) is 67.3 Å². The Bertz CT molecular complexity index is 1260. The third-order valence-corrected chi connectivity index (χ3v) is 6.79. The molecule has 1 N–H and O–H groups in total. The van der Waals surface area contributed by atoms with E-state index in [2.05, 4.69) is 5.32 Å². The lowest BCUT2D eigenvalue weighted by molar-refractivity contribution is -0.124. The van der Waals surface area contributed by atoms with Crippen molar-refractivity contribution in [2.24, 2.45) is 0 Å². The number of urea groups is 1. The smallest absolute Gasteiger partial charge is 0.338 e. The molecule has 4 rings (SSSR count). The number of halogens is 1. The van der Waals surface area contributed by atoms with Crippen molar-refractivity contribution in [3.63, 3.8) is 0 Å². The van der Waals surface area contributed by atoms with E-state index in [4.69, 9.17) is 16.3 Å². The number of hydrogen-bond donors (Lipinski definition) is 1. The number of nitrogens with one attached hydrogen (secondary N) is 1. The Morgan fingerprint density at radius 3 is 2.53 bits per heavy atom. The Morgan fingerprint density at radius 2 is 1.86 bits per heavy atom. The molecular weight excluding hydrogens is 502 g/mol. The number of rotatable bonds is 9. The maximum absolute atomic E-state index is 13.4. The molecule has 1 saturated heterocycles. The molecule has 0 aliphatic carbocycles. The number of ether oxygens (including phenoxy) is 1. The normalized spacial score (nSPS) is 15.3. The van der Waals surface area contributed by atoms with Gasteiger partial charge in [0.25, 0.3) is 5.91 Å². The van der Waals surface area contributed by atoms with E-state index in [0.29, 0.717) is 28.4 Å². The van der Waals surface area contributed by atoms with Crippen LogP contribution in [0.15, 0.2) is 66.0 Å². The maximum atomic E-state index is 13.4. The molecule has 8 nitrogen and oxygen atoms in total. The number of benzene rings is 2. The van der Waals surface area contributed by atoms with E-state index in [1.54, 1.807) is 66.8 Å². The fourth-order valence-electron chi connectivity index (χ4n) is 3.92. The average Bonchev–Trinajstić information content (AvgIpc) is 3.45. The fourth-order valence-corrected chi connectivity index (χ4v) is 4.80. The first-order chi connectivity index (χ1) is 17.4. The summed E-state index contributed by atoms with van der Waals surface area (Å²) in [6.45, 7) is 2.27. The molecule has 1 aliphatic heterocycles. The third kappa shape index (κ3) is 5.75. The number of thiophene rings is 1. The topological polar surface area (TPSA) is 96.0 Å². The van der Waals surface area contributed by atoms with Crippen LogP contribution in [0.25, 0.3) is 0 Å². The molecule has 0 radical (unpaired) electrons. The van der Waals surface area contributed by atoms with Crippen LogP contribution in [0.3, 0.4) is 0 Å². The van der Waals surface area contributed by atoms with Crippen molar-refractivity contribution < 1.29 is 23.9 Å². The van der Waals surface area contributed by atoms with Gasteiger partial charge in [0.2, 0.25) is 5.91 Å². The zero-order valence-electron chi connectivity index (χ0n) is 19.5. The Kier molecular flexibility index (Phi) is 8.02. The molecule has 2 heterocycles. The van der Waals surface area contributed by atoms with Crippen molar-refractivity contribution in [3.8, 4) is 0 Å². The maximum Gasteiger partial charge on any atom is 0.338 e. The molecule has 10 heteroatoms. The first kappa shape index (κ1) is 25.4. The molecule has 3 aromatic rings. The minimum Gasteiger partial charge on any atom is -0.462 e.